The molecule has 0 aliphatic carbocycles. The van der Waals surface area contributed by atoms with Gasteiger partial charge in [-0.3, -0.25) is 0 Å². The molecule has 0 amide bonds. The fourth-order valence-electron chi connectivity index (χ4n) is 2.25. The average Bonchev–Trinajstić information content (AvgIpc) is 2.60. The maximum Gasteiger partial charge on any atom is 0.0397 e. The molecule has 2 N–H and O–H groups in total. The molecule has 1 aromatic carbocycles. The molecule has 2 rings (SSSR count). The van der Waals surface area contributed by atoms with Crippen LogP contribution < -0.4 is 10.6 Å². The molecule has 0 fully saturated rings. The summed E-state index contributed by atoms with van der Waals surface area (Å²) in [6, 6.07) is 7.08. The van der Waals surface area contributed by atoms with Crippen LogP contribution in [0.4, 0.5) is 5.69 Å². The predicted molar refractivity (Wildman–Crippen MR) is 69.9 cm³/mol. The number of anilines is 1. The molecule has 1 heterocycles. The first kappa shape index (κ1) is 11.5. The van der Waals surface area contributed by atoms with Crippen molar-refractivity contribution in [3.05, 3.63) is 29.3 Å². The van der Waals surface area contributed by atoms with Crippen molar-refractivity contribution in [1.29, 1.82) is 0 Å². The molecule has 1 atom stereocenters. The van der Waals surface area contributed by atoms with Crippen molar-refractivity contribution < 1.29 is 0 Å². The Morgan fingerprint density at radius 3 is 2.81 bits per heavy atom. The standard InChI is InChI=1S/C14H22N2/c1-10(2)13(15)9-11-4-5-14-12(8-11)6-7-16(14)3/h4-5,8,10,13H,6-7,9,15H2,1-3H3. The first-order valence-corrected chi connectivity index (χ1v) is 6.16. The van der Waals surface area contributed by atoms with Crippen molar-refractivity contribution in [3.63, 3.8) is 0 Å². The van der Waals surface area contributed by atoms with Crippen LogP contribution in [-0.2, 0) is 12.8 Å². The van der Waals surface area contributed by atoms with Gasteiger partial charge in [0.1, 0.15) is 0 Å². The van der Waals surface area contributed by atoms with Crippen molar-refractivity contribution >= 4 is 5.69 Å². The van der Waals surface area contributed by atoms with Gasteiger partial charge in [0, 0.05) is 25.3 Å². The van der Waals surface area contributed by atoms with E-state index < -0.39 is 0 Å². The number of fused-ring (bicyclic) bond motifs is 1. The third kappa shape index (κ3) is 2.22. The number of hydrogen-bond donors (Lipinski definition) is 1. The number of nitrogens with zero attached hydrogens (tertiary/aromatic N) is 1. The Morgan fingerprint density at radius 2 is 2.12 bits per heavy atom. The number of nitrogens with two attached hydrogens (primary N) is 1. The first-order valence-electron chi connectivity index (χ1n) is 6.16. The second-order valence-corrected chi connectivity index (χ2v) is 5.25. The minimum absolute atomic E-state index is 0.275. The molecule has 88 valence electrons. The van der Waals surface area contributed by atoms with Gasteiger partial charge in [0.15, 0.2) is 0 Å². The largest absolute Gasteiger partial charge is 0.374 e. The van der Waals surface area contributed by atoms with E-state index in [2.05, 4.69) is 44.0 Å². The van der Waals surface area contributed by atoms with E-state index in [1.165, 1.54) is 23.2 Å². The number of benzene rings is 1. The minimum atomic E-state index is 0.275. The molecule has 1 unspecified atom stereocenters. The van der Waals surface area contributed by atoms with Gasteiger partial charge in [0.25, 0.3) is 0 Å². The smallest absolute Gasteiger partial charge is 0.0397 e. The van der Waals surface area contributed by atoms with Gasteiger partial charge in [-0.15, -0.1) is 0 Å². The van der Waals surface area contributed by atoms with E-state index in [0.29, 0.717) is 5.92 Å². The first-order chi connectivity index (χ1) is 7.58. The van der Waals surface area contributed by atoms with Gasteiger partial charge in [-0.2, -0.15) is 0 Å². The van der Waals surface area contributed by atoms with Gasteiger partial charge in [-0.25, -0.2) is 0 Å². The van der Waals surface area contributed by atoms with Gasteiger partial charge in [-0.1, -0.05) is 26.0 Å². The fourth-order valence-corrected chi connectivity index (χ4v) is 2.25. The van der Waals surface area contributed by atoms with Crippen LogP contribution >= 0.6 is 0 Å². The number of rotatable bonds is 3. The van der Waals surface area contributed by atoms with Crippen LogP contribution in [0, 0.1) is 5.92 Å². The summed E-state index contributed by atoms with van der Waals surface area (Å²) >= 11 is 0. The molecular formula is C14H22N2. The second kappa shape index (κ2) is 4.46. The zero-order valence-electron chi connectivity index (χ0n) is 10.5. The lowest BCUT2D eigenvalue weighted by Gasteiger charge is -2.17. The van der Waals surface area contributed by atoms with Crippen LogP contribution in [0.2, 0.25) is 0 Å². The normalized spacial score (nSPS) is 16.7. The highest BCUT2D eigenvalue weighted by molar-refractivity contribution is 5.58. The molecule has 1 aromatic rings. The van der Waals surface area contributed by atoms with Gasteiger partial charge in [0.2, 0.25) is 0 Å². The Balaban J connectivity index is 2.13. The maximum absolute atomic E-state index is 6.11. The van der Waals surface area contributed by atoms with E-state index in [0.717, 1.165) is 13.0 Å². The summed E-state index contributed by atoms with van der Waals surface area (Å²) in [5.74, 6) is 0.552. The highest BCUT2D eigenvalue weighted by Gasteiger charge is 2.16. The van der Waals surface area contributed by atoms with E-state index in [4.69, 9.17) is 5.73 Å². The van der Waals surface area contributed by atoms with Crippen molar-refractivity contribution in [1.82, 2.24) is 0 Å². The highest BCUT2D eigenvalue weighted by atomic mass is 15.1. The third-order valence-electron chi connectivity index (χ3n) is 3.60. The molecule has 16 heavy (non-hydrogen) atoms. The van der Waals surface area contributed by atoms with E-state index in [1.54, 1.807) is 0 Å². The van der Waals surface area contributed by atoms with Gasteiger partial charge in [-0.05, 0) is 36.0 Å². The van der Waals surface area contributed by atoms with E-state index in [9.17, 15) is 0 Å². The Morgan fingerprint density at radius 1 is 1.38 bits per heavy atom. The lowest BCUT2D eigenvalue weighted by Crippen LogP contribution is -2.28. The second-order valence-electron chi connectivity index (χ2n) is 5.25. The van der Waals surface area contributed by atoms with Crippen molar-refractivity contribution in [2.75, 3.05) is 18.5 Å². The molecule has 0 bridgehead atoms. The minimum Gasteiger partial charge on any atom is -0.374 e. The molecule has 1 aliphatic heterocycles. The molecule has 0 saturated carbocycles. The quantitative estimate of drug-likeness (QED) is 0.843. The summed E-state index contributed by atoms with van der Waals surface area (Å²) in [5, 5.41) is 0. The summed E-state index contributed by atoms with van der Waals surface area (Å²) in [6.45, 7) is 5.52. The predicted octanol–water partition coefficient (Wildman–Crippen LogP) is 2.20. The lowest BCUT2D eigenvalue weighted by atomic mass is 9.96. The van der Waals surface area contributed by atoms with Gasteiger partial charge in [0.05, 0.1) is 0 Å². The van der Waals surface area contributed by atoms with Crippen LogP contribution in [0.3, 0.4) is 0 Å². The van der Waals surface area contributed by atoms with Crippen LogP contribution in [0.1, 0.15) is 25.0 Å². The summed E-state index contributed by atoms with van der Waals surface area (Å²) in [6.07, 6.45) is 2.17. The molecule has 0 spiro atoms. The molecule has 2 nitrogen and oxygen atoms in total. The molecule has 0 aromatic heterocycles. The Labute approximate surface area is 98.4 Å². The van der Waals surface area contributed by atoms with Crippen LogP contribution in [0.15, 0.2) is 18.2 Å². The monoisotopic (exact) mass is 218 g/mol. The highest BCUT2D eigenvalue weighted by Crippen LogP contribution is 2.27. The fraction of sp³-hybridized carbons (Fsp3) is 0.571. The third-order valence-corrected chi connectivity index (χ3v) is 3.60. The van der Waals surface area contributed by atoms with E-state index >= 15 is 0 Å². The lowest BCUT2D eigenvalue weighted by molar-refractivity contribution is 0.490. The Hall–Kier alpha value is -1.02. The van der Waals surface area contributed by atoms with Gasteiger partial charge < -0.3 is 10.6 Å². The summed E-state index contributed by atoms with van der Waals surface area (Å²) in [4.78, 5) is 2.32. The summed E-state index contributed by atoms with van der Waals surface area (Å²) in [7, 11) is 2.16. The molecule has 1 aliphatic rings. The molecule has 2 heteroatoms. The molecule has 0 saturated heterocycles. The van der Waals surface area contributed by atoms with Gasteiger partial charge >= 0.3 is 0 Å². The SMILES string of the molecule is CC(C)C(N)Cc1ccc2c(c1)CCN2C. The van der Waals surface area contributed by atoms with Crippen LogP contribution in [0.25, 0.3) is 0 Å². The average molecular weight is 218 g/mol. The van der Waals surface area contributed by atoms with Crippen molar-refractivity contribution in [2.24, 2.45) is 11.7 Å². The zero-order valence-corrected chi connectivity index (χ0v) is 10.5. The van der Waals surface area contributed by atoms with Crippen LogP contribution in [-0.4, -0.2) is 19.6 Å². The Kier molecular flexibility index (Phi) is 3.20. The topological polar surface area (TPSA) is 29.3 Å². The summed E-state index contributed by atoms with van der Waals surface area (Å²) in [5.41, 5.74) is 10.4. The van der Waals surface area contributed by atoms with E-state index in [1.807, 2.05) is 0 Å². The van der Waals surface area contributed by atoms with Crippen LogP contribution in [0.5, 0.6) is 0 Å². The van der Waals surface area contributed by atoms with E-state index in [-0.39, 0.29) is 6.04 Å². The summed E-state index contributed by atoms with van der Waals surface area (Å²) < 4.78 is 0. The molecular weight excluding hydrogens is 196 g/mol. The Bertz CT molecular complexity index is 371. The number of hydrogen-bond acceptors (Lipinski definition) is 2. The van der Waals surface area contributed by atoms with Crippen molar-refractivity contribution in [3.8, 4) is 0 Å². The number of likely N-dealkylation sites (N-methyl/N-ethyl adjacent to an activating group) is 1. The molecule has 0 radical (unpaired) electrons. The maximum atomic E-state index is 6.11. The zero-order chi connectivity index (χ0) is 11.7. The van der Waals surface area contributed by atoms with Crippen molar-refractivity contribution in [2.45, 2.75) is 32.7 Å².